The van der Waals surface area contributed by atoms with Crippen LogP contribution in [0.5, 0.6) is 0 Å². The van der Waals surface area contributed by atoms with Gasteiger partial charge in [0, 0.05) is 19.0 Å². The third-order valence-corrected chi connectivity index (χ3v) is 2.51. The number of hydrogen-bond acceptors (Lipinski definition) is 2. The molecule has 1 atom stereocenters. The van der Waals surface area contributed by atoms with Crippen molar-refractivity contribution < 1.29 is 4.79 Å². The first-order valence-corrected chi connectivity index (χ1v) is 4.53. The standard InChI is InChI=1S/C10H21NO/c1-9(10(2,3)4)11(5)7-6-8-12/h8-9H,6-7H2,1-5H3. The van der Waals surface area contributed by atoms with Crippen molar-refractivity contribution >= 4 is 6.29 Å². The van der Waals surface area contributed by atoms with E-state index in [1.165, 1.54) is 0 Å². The van der Waals surface area contributed by atoms with Crippen molar-refractivity contribution in [3.63, 3.8) is 0 Å². The van der Waals surface area contributed by atoms with Gasteiger partial charge in [-0.05, 0) is 19.4 Å². The van der Waals surface area contributed by atoms with E-state index in [9.17, 15) is 4.79 Å². The molecule has 0 amide bonds. The van der Waals surface area contributed by atoms with Gasteiger partial charge in [-0.3, -0.25) is 0 Å². The number of carbonyl (C=O) groups is 1. The summed E-state index contributed by atoms with van der Waals surface area (Å²) < 4.78 is 0. The summed E-state index contributed by atoms with van der Waals surface area (Å²) in [5, 5.41) is 0. The van der Waals surface area contributed by atoms with E-state index >= 15 is 0 Å². The summed E-state index contributed by atoms with van der Waals surface area (Å²) in [7, 11) is 2.07. The van der Waals surface area contributed by atoms with Gasteiger partial charge in [0.05, 0.1) is 0 Å². The van der Waals surface area contributed by atoms with Crippen molar-refractivity contribution in [3.8, 4) is 0 Å². The molecule has 0 rings (SSSR count). The fraction of sp³-hybridized carbons (Fsp3) is 0.900. The average Bonchev–Trinajstić information content (AvgIpc) is 1.97. The molecule has 0 aromatic carbocycles. The zero-order valence-corrected chi connectivity index (χ0v) is 8.92. The SMILES string of the molecule is CC(N(C)CCC=O)C(C)(C)C. The normalized spacial score (nSPS) is 14.8. The van der Waals surface area contributed by atoms with Crippen LogP contribution in [0.3, 0.4) is 0 Å². The predicted octanol–water partition coefficient (Wildman–Crippen LogP) is 1.94. The third-order valence-electron chi connectivity index (χ3n) is 2.51. The fourth-order valence-corrected chi connectivity index (χ4v) is 1.11. The second-order valence-corrected chi connectivity index (χ2v) is 4.48. The zero-order valence-electron chi connectivity index (χ0n) is 8.92. The van der Waals surface area contributed by atoms with Crippen LogP contribution in [-0.2, 0) is 4.79 Å². The number of aldehydes is 1. The van der Waals surface area contributed by atoms with E-state index in [1.54, 1.807) is 0 Å². The van der Waals surface area contributed by atoms with E-state index in [4.69, 9.17) is 0 Å². The lowest BCUT2D eigenvalue weighted by Crippen LogP contribution is -2.39. The van der Waals surface area contributed by atoms with E-state index in [1.807, 2.05) is 0 Å². The molecule has 0 radical (unpaired) electrons. The Bertz CT molecular complexity index is 137. The smallest absolute Gasteiger partial charge is 0.121 e. The van der Waals surface area contributed by atoms with Gasteiger partial charge in [0.15, 0.2) is 0 Å². The highest BCUT2D eigenvalue weighted by atomic mass is 16.1. The summed E-state index contributed by atoms with van der Waals surface area (Å²) in [6, 6.07) is 0.512. The minimum Gasteiger partial charge on any atom is -0.303 e. The molecule has 0 bridgehead atoms. The van der Waals surface area contributed by atoms with Gasteiger partial charge < -0.3 is 9.69 Å². The molecule has 0 saturated carbocycles. The second-order valence-electron chi connectivity index (χ2n) is 4.48. The summed E-state index contributed by atoms with van der Waals surface area (Å²) in [6.07, 6.45) is 1.61. The largest absolute Gasteiger partial charge is 0.303 e. The molecule has 72 valence electrons. The van der Waals surface area contributed by atoms with Gasteiger partial charge in [-0.2, -0.15) is 0 Å². The first kappa shape index (κ1) is 11.6. The lowest BCUT2D eigenvalue weighted by molar-refractivity contribution is -0.108. The van der Waals surface area contributed by atoms with Crippen molar-refractivity contribution in [2.75, 3.05) is 13.6 Å². The highest BCUT2D eigenvalue weighted by molar-refractivity contribution is 5.49. The fourth-order valence-electron chi connectivity index (χ4n) is 1.11. The van der Waals surface area contributed by atoms with Gasteiger partial charge >= 0.3 is 0 Å². The molecule has 0 aromatic rings. The molecule has 0 aliphatic carbocycles. The molecule has 2 nitrogen and oxygen atoms in total. The molecule has 0 fully saturated rings. The van der Waals surface area contributed by atoms with E-state index in [2.05, 4.69) is 39.6 Å². The van der Waals surface area contributed by atoms with Crippen molar-refractivity contribution in [2.45, 2.75) is 40.2 Å². The number of hydrogen-bond donors (Lipinski definition) is 0. The van der Waals surface area contributed by atoms with Crippen molar-refractivity contribution in [1.82, 2.24) is 4.90 Å². The molecule has 0 aliphatic rings. The Morgan fingerprint density at radius 2 is 1.92 bits per heavy atom. The minimum absolute atomic E-state index is 0.289. The van der Waals surface area contributed by atoms with Crippen molar-refractivity contribution in [3.05, 3.63) is 0 Å². The van der Waals surface area contributed by atoms with Gasteiger partial charge in [-0.1, -0.05) is 20.8 Å². The highest BCUT2D eigenvalue weighted by Gasteiger charge is 2.22. The molecule has 0 N–H and O–H groups in total. The molecule has 0 heterocycles. The summed E-state index contributed by atoms with van der Waals surface area (Å²) in [5.74, 6) is 0. The summed E-state index contributed by atoms with van der Waals surface area (Å²) in [5.41, 5.74) is 0.289. The van der Waals surface area contributed by atoms with Gasteiger partial charge in [0.2, 0.25) is 0 Å². The van der Waals surface area contributed by atoms with Crippen LogP contribution in [0.2, 0.25) is 0 Å². The van der Waals surface area contributed by atoms with Crippen LogP contribution in [-0.4, -0.2) is 30.8 Å². The molecule has 12 heavy (non-hydrogen) atoms. The molecule has 0 spiro atoms. The Morgan fingerprint density at radius 1 is 1.42 bits per heavy atom. The Kier molecular flexibility index (Phi) is 4.46. The molecule has 0 aromatic heterocycles. The minimum atomic E-state index is 0.289. The van der Waals surface area contributed by atoms with Crippen molar-refractivity contribution in [1.29, 1.82) is 0 Å². The Hall–Kier alpha value is -0.370. The molecule has 1 unspecified atom stereocenters. The zero-order chi connectivity index (χ0) is 9.78. The van der Waals surface area contributed by atoms with Crippen LogP contribution in [0.25, 0.3) is 0 Å². The lowest BCUT2D eigenvalue weighted by atomic mass is 9.87. The number of rotatable bonds is 4. The molecular weight excluding hydrogens is 150 g/mol. The van der Waals surface area contributed by atoms with Crippen LogP contribution in [0.4, 0.5) is 0 Å². The highest BCUT2D eigenvalue weighted by Crippen LogP contribution is 2.22. The van der Waals surface area contributed by atoms with E-state index in [0.29, 0.717) is 12.5 Å². The first-order valence-electron chi connectivity index (χ1n) is 4.53. The Morgan fingerprint density at radius 3 is 2.25 bits per heavy atom. The monoisotopic (exact) mass is 171 g/mol. The van der Waals surface area contributed by atoms with Crippen molar-refractivity contribution in [2.24, 2.45) is 5.41 Å². The summed E-state index contributed by atoms with van der Waals surface area (Å²) in [6.45, 7) is 9.71. The average molecular weight is 171 g/mol. The Balaban J connectivity index is 3.92. The number of carbonyl (C=O) groups excluding carboxylic acids is 1. The Labute approximate surface area is 75.9 Å². The summed E-state index contributed by atoms with van der Waals surface area (Å²) in [4.78, 5) is 12.4. The maximum atomic E-state index is 10.2. The molecular formula is C10H21NO. The molecule has 0 saturated heterocycles. The molecule has 0 aliphatic heterocycles. The van der Waals surface area contributed by atoms with Crippen LogP contribution in [0.1, 0.15) is 34.1 Å². The van der Waals surface area contributed by atoms with Gasteiger partial charge in [-0.15, -0.1) is 0 Å². The van der Waals surface area contributed by atoms with E-state index < -0.39 is 0 Å². The quantitative estimate of drug-likeness (QED) is 0.602. The van der Waals surface area contributed by atoms with Gasteiger partial charge in [-0.25, -0.2) is 0 Å². The molecule has 2 heteroatoms. The first-order chi connectivity index (χ1) is 5.39. The van der Waals surface area contributed by atoms with Gasteiger partial charge in [0.1, 0.15) is 6.29 Å². The van der Waals surface area contributed by atoms with Crippen LogP contribution < -0.4 is 0 Å². The topological polar surface area (TPSA) is 20.3 Å². The van der Waals surface area contributed by atoms with Gasteiger partial charge in [0.25, 0.3) is 0 Å². The predicted molar refractivity (Wildman–Crippen MR) is 52.2 cm³/mol. The maximum Gasteiger partial charge on any atom is 0.121 e. The lowest BCUT2D eigenvalue weighted by Gasteiger charge is -2.35. The third kappa shape index (κ3) is 3.86. The van der Waals surface area contributed by atoms with E-state index in [-0.39, 0.29) is 5.41 Å². The maximum absolute atomic E-state index is 10.2. The number of nitrogens with zero attached hydrogens (tertiary/aromatic N) is 1. The summed E-state index contributed by atoms with van der Waals surface area (Å²) >= 11 is 0. The second kappa shape index (κ2) is 4.61. The van der Waals surface area contributed by atoms with Crippen LogP contribution in [0, 0.1) is 5.41 Å². The van der Waals surface area contributed by atoms with Crippen LogP contribution >= 0.6 is 0 Å². The van der Waals surface area contributed by atoms with E-state index in [0.717, 1.165) is 12.8 Å². The van der Waals surface area contributed by atoms with Crippen LogP contribution in [0.15, 0.2) is 0 Å².